The zero-order chi connectivity index (χ0) is 17.1. The molecule has 1 aromatic carbocycles. The third-order valence-corrected chi connectivity index (χ3v) is 2.65. The van der Waals surface area contributed by atoms with E-state index in [0.29, 0.717) is 12.1 Å². The van der Waals surface area contributed by atoms with E-state index in [1.165, 1.54) is 18.3 Å². The van der Waals surface area contributed by atoms with Crippen molar-refractivity contribution >= 4 is 22.9 Å². The van der Waals surface area contributed by atoms with Gasteiger partial charge in [0, 0.05) is 6.20 Å². The molecule has 0 bridgehead atoms. The van der Waals surface area contributed by atoms with Crippen LogP contribution in [0.5, 0.6) is 11.5 Å². The van der Waals surface area contributed by atoms with Crippen LogP contribution in [0.2, 0.25) is 0 Å². The van der Waals surface area contributed by atoms with Crippen LogP contribution in [0.4, 0.5) is 22.9 Å². The van der Waals surface area contributed by atoms with Crippen LogP contribution in [-0.4, -0.2) is 19.8 Å². The molecule has 0 aliphatic rings. The van der Waals surface area contributed by atoms with Crippen molar-refractivity contribution in [1.29, 1.82) is 0 Å². The quantitative estimate of drug-likeness (QED) is 0.637. The average Bonchev–Trinajstić information content (AvgIpc) is 2.48. The zero-order valence-corrected chi connectivity index (χ0v) is 11.1. The van der Waals surface area contributed by atoms with Crippen LogP contribution in [0.25, 0.3) is 0 Å². The van der Waals surface area contributed by atoms with Crippen molar-refractivity contribution in [1.82, 2.24) is 4.98 Å². The number of nitrogen functional groups attached to an aromatic ring is 1. The maximum atomic E-state index is 11.1. The van der Waals surface area contributed by atoms with Crippen LogP contribution >= 0.6 is 0 Å². The third-order valence-electron chi connectivity index (χ3n) is 2.65. The Morgan fingerprint density at radius 2 is 1.57 bits per heavy atom. The summed E-state index contributed by atoms with van der Waals surface area (Å²) in [5.41, 5.74) is 2.83. The molecule has 2 aromatic rings. The normalized spacial score (nSPS) is 10.1. The van der Waals surface area contributed by atoms with E-state index in [0.717, 1.165) is 0 Å². The molecule has 23 heavy (non-hydrogen) atoms. The van der Waals surface area contributed by atoms with Gasteiger partial charge in [0.2, 0.25) is 0 Å². The van der Waals surface area contributed by atoms with Crippen molar-refractivity contribution in [3.63, 3.8) is 0 Å². The summed E-state index contributed by atoms with van der Waals surface area (Å²) in [4.78, 5) is 33.6. The zero-order valence-electron chi connectivity index (χ0n) is 11.1. The second kappa shape index (κ2) is 5.88. The predicted octanol–water partition coefficient (Wildman–Crippen LogP) is 2.18. The predicted molar refractivity (Wildman–Crippen MR) is 75.1 cm³/mol. The molecular formula is C11H7N5O7. The van der Waals surface area contributed by atoms with Crippen LogP contribution in [0.3, 0.4) is 0 Å². The number of pyridine rings is 1. The fraction of sp³-hybridized carbons (Fsp3) is 0. The molecular weight excluding hydrogens is 314 g/mol. The molecule has 0 radical (unpaired) electrons. The van der Waals surface area contributed by atoms with E-state index in [1.807, 2.05) is 0 Å². The Morgan fingerprint density at radius 3 is 2.00 bits per heavy atom. The van der Waals surface area contributed by atoms with Gasteiger partial charge in [-0.1, -0.05) is 0 Å². The maximum absolute atomic E-state index is 11.1. The second-order valence-corrected chi connectivity index (χ2v) is 4.07. The standard InChI is InChI=1S/C11H7N5O7/c12-11-9(2-1-3-13-11)23-10-7(15(19)20)4-6(14(17)18)5-8(10)16(21)22/h1-5H,(H2,12,13). The molecule has 2 rings (SSSR count). The summed E-state index contributed by atoms with van der Waals surface area (Å²) >= 11 is 0. The van der Waals surface area contributed by atoms with Gasteiger partial charge in [0.25, 0.3) is 11.4 Å². The topological polar surface area (TPSA) is 178 Å². The van der Waals surface area contributed by atoms with E-state index >= 15 is 0 Å². The summed E-state index contributed by atoms with van der Waals surface area (Å²) in [5.74, 6) is -1.09. The van der Waals surface area contributed by atoms with Gasteiger partial charge in [-0.2, -0.15) is 0 Å². The molecule has 0 unspecified atom stereocenters. The van der Waals surface area contributed by atoms with E-state index < -0.39 is 37.6 Å². The molecule has 1 aromatic heterocycles. The van der Waals surface area contributed by atoms with Crippen molar-refractivity contribution in [2.75, 3.05) is 5.73 Å². The maximum Gasteiger partial charge on any atom is 0.325 e. The first kappa shape index (κ1) is 15.6. The first-order valence-corrected chi connectivity index (χ1v) is 5.81. The molecule has 118 valence electrons. The number of nitro benzene ring substituents is 3. The number of aromatic nitrogens is 1. The fourth-order valence-corrected chi connectivity index (χ4v) is 1.66. The van der Waals surface area contributed by atoms with Gasteiger partial charge in [0.05, 0.1) is 26.9 Å². The molecule has 0 saturated carbocycles. The Bertz CT molecular complexity index is 787. The van der Waals surface area contributed by atoms with E-state index in [-0.39, 0.29) is 11.6 Å². The minimum atomic E-state index is -1.03. The highest BCUT2D eigenvalue weighted by molar-refractivity contribution is 5.67. The number of hydrogen-bond donors (Lipinski definition) is 1. The Hall–Kier alpha value is -3.83. The van der Waals surface area contributed by atoms with Gasteiger partial charge in [-0.05, 0) is 12.1 Å². The Kier molecular flexibility index (Phi) is 3.98. The molecule has 0 saturated heterocycles. The lowest BCUT2D eigenvalue weighted by Crippen LogP contribution is -2.02. The summed E-state index contributed by atoms with van der Waals surface area (Å²) in [6.07, 6.45) is 1.32. The monoisotopic (exact) mass is 321 g/mol. The van der Waals surface area contributed by atoms with Crippen LogP contribution in [-0.2, 0) is 0 Å². The van der Waals surface area contributed by atoms with Gasteiger partial charge in [0.15, 0.2) is 11.6 Å². The van der Waals surface area contributed by atoms with Crippen molar-refractivity contribution in [2.24, 2.45) is 0 Å². The molecule has 0 amide bonds. The van der Waals surface area contributed by atoms with Crippen molar-refractivity contribution in [2.45, 2.75) is 0 Å². The van der Waals surface area contributed by atoms with Crippen molar-refractivity contribution in [3.05, 3.63) is 60.8 Å². The van der Waals surface area contributed by atoms with Gasteiger partial charge in [-0.25, -0.2) is 4.98 Å². The number of nitrogens with zero attached hydrogens (tertiary/aromatic N) is 4. The highest BCUT2D eigenvalue weighted by Crippen LogP contribution is 2.43. The van der Waals surface area contributed by atoms with Crippen molar-refractivity contribution in [3.8, 4) is 11.5 Å². The Balaban J connectivity index is 2.69. The lowest BCUT2D eigenvalue weighted by molar-refractivity contribution is -0.404. The van der Waals surface area contributed by atoms with Gasteiger partial charge in [-0.15, -0.1) is 0 Å². The van der Waals surface area contributed by atoms with Crippen molar-refractivity contribution < 1.29 is 19.5 Å². The lowest BCUT2D eigenvalue weighted by Gasteiger charge is -2.08. The minimum absolute atomic E-state index is 0.158. The number of anilines is 1. The Labute approximate surface area is 126 Å². The molecule has 0 fully saturated rings. The molecule has 12 nitrogen and oxygen atoms in total. The van der Waals surface area contributed by atoms with Crippen LogP contribution in [0.1, 0.15) is 0 Å². The molecule has 1 heterocycles. The van der Waals surface area contributed by atoms with E-state index in [1.54, 1.807) is 0 Å². The van der Waals surface area contributed by atoms with E-state index in [9.17, 15) is 30.3 Å². The van der Waals surface area contributed by atoms with E-state index in [4.69, 9.17) is 10.5 Å². The average molecular weight is 321 g/mol. The molecule has 0 aliphatic carbocycles. The summed E-state index contributed by atoms with van der Waals surface area (Å²) in [7, 11) is 0. The van der Waals surface area contributed by atoms with Gasteiger partial charge >= 0.3 is 11.4 Å². The van der Waals surface area contributed by atoms with Gasteiger partial charge < -0.3 is 10.5 Å². The van der Waals surface area contributed by atoms with Gasteiger partial charge in [-0.3, -0.25) is 30.3 Å². The highest BCUT2D eigenvalue weighted by Gasteiger charge is 2.33. The SMILES string of the molecule is Nc1ncccc1Oc1c([N+](=O)[O-])cc([N+](=O)[O-])cc1[N+](=O)[O-]. The number of rotatable bonds is 5. The highest BCUT2D eigenvalue weighted by atomic mass is 16.6. The first-order chi connectivity index (χ1) is 10.8. The molecule has 0 spiro atoms. The molecule has 0 atom stereocenters. The second-order valence-electron chi connectivity index (χ2n) is 4.07. The number of non-ortho nitro benzene ring substituents is 1. The third kappa shape index (κ3) is 3.10. The van der Waals surface area contributed by atoms with E-state index in [2.05, 4.69) is 4.98 Å². The molecule has 12 heteroatoms. The first-order valence-electron chi connectivity index (χ1n) is 5.81. The number of nitro groups is 3. The van der Waals surface area contributed by atoms with Crippen LogP contribution in [0, 0.1) is 30.3 Å². The summed E-state index contributed by atoms with van der Waals surface area (Å²) in [5, 5.41) is 32.9. The number of ether oxygens (including phenoxy) is 1. The number of nitrogens with two attached hydrogens (primary N) is 1. The fourth-order valence-electron chi connectivity index (χ4n) is 1.66. The minimum Gasteiger partial charge on any atom is -0.440 e. The van der Waals surface area contributed by atoms with Crippen LogP contribution in [0.15, 0.2) is 30.5 Å². The Morgan fingerprint density at radius 1 is 1.00 bits per heavy atom. The largest absolute Gasteiger partial charge is 0.440 e. The molecule has 0 aliphatic heterocycles. The lowest BCUT2D eigenvalue weighted by atomic mass is 10.2. The summed E-state index contributed by atoms with van der Waals surface area (Å²) < 4.78 is 5.14. The molecule has 2 N–H and O–H groups in total. The van der Waals surface area contributed by atoms with Crippen LogP contribution < -0.4 is 10.5 Å². The summed E-state index contributed by atoms with van der Waals surface area (Å²) in [6.45, 7) is 0. The van der Waals surface area contributed by atoms with Gasteiger partial charge in [0.1, 0.15) is 0 Å². The number of benzene rings is 1. The smallest absolute Gasteiger partial charge is 0.325 e. The number of hydrogen-bond acceptors (Lipinski definition) is 9. The summed E-state index contributed by atoms with van der Waals surface area (Å²) in [6, 6.07) is 3.82.